The second-order valence-electron chi connectivity index (χ2n) is 3.22. The molecular formula is C7H20Cl2N2. The first-order chi connectivity index (χ1) is 4.12. The highest BCUT2D eigenvalue weighted by molar-refractivity contribution is 5.85. The number of rotatable bonds is 4. The topological polar surface area (TPSA) is 24.1 Å². The Balaban J connectivity index is -0.000000320. The summed E-state index contributed by atoms with van der Waals surface area (Å²) in [7, 11) is 3.97. The molecule has 0 radical (unpaired) electrons. The minimum Gasteiger partial charge on any atom is -0.319 e. The summed E-state index contributed by atoms with van der Waals surface area (Å²) < 4.78 is 0. The van der Waals surface area contributed by atoms with Crippen LogP contribution in [0.25, 0.3) is 0 Å². The van der Waals surface area contributed by atoms with Crippen LogP contribution in [0.1, 0.15) is 13.8 Å². The molecule has 0 atom stereocenters. The lowest BCUT2D eigenvalue weighted by atomic mass is 9.94. The molecule has 0 aromatic rings. The van der Waals surface area contributed by atoms with Crippen LogP contribution < -0.4 is 10.6 Å². The fourth-order valence-corrected chi connectivity index (χ4v) is 1.02. The third kappa shape index (κ3) is 10.5. The van der Waals surface area contributed by atoms with Crippen molar-refractivity contribution in [1.82, 2.24) is 10.6 Å². The predicted molar refractivity (Wildman–Crippen MR) is 56.1 cm³/mol. The minimum absolute atomic E-state index is 0. The fourth-order valence-electron chi connectivity index (χ4n) is 1.02. The summed E-state index contributed by atoms with van der Waals surface area (Å²) in [5.41, 5.74) is 0.378. The van der Waals surface area contributed by atoms with Crippen LogP contribution in [0.5, 0.6) is 0 Å². The highest BCUT2D eigenvalue weighted by Gasteiger charge is 2.14. The quantitative estimate of drug-likeness (QED) is 0.719. The third-order valence-corrected chi connectivity index (χ3v) is 1.31. The molecule has 4 heteroatoms. The Morgan fingerprint density at radius 2 is 1.18 bits per heavy atom. The third-order valence-electron chi connectivity index (χ3n) is 1.31. The molecule has 0 fully saturated rings. The average Bonchev–Trinajstić information content (AvgIpc) is 1.64. The first kappa shape index (κ1) is 17.5. The maximum absolute atomic E-state index is 3.15. The molecule has 2 nitrogen and oxygen atoms in total. The van der Waals surface area contributed by atoms with Gasteiger partial charge < -0.3 is 10.6 Å². The molecule has 0 amide bonds. The SMILES string of the molecule is CNCC(C)(C)CNC.Cl.Cl. The van der Waals surface area contributed by atoms with Crippen molar-refractivity contribution in [3.8, 4) is 0 Å². The van der Waals surface area contributed by atoms with Gasteiger partial charge in [0.25, 0.3) is 0 Å². The Bertz CT molecular complexity index is 68.8. The van der Waals surface area contributed by atoms with Crippen molar-refractivity contribution in [2.45, 2.75) is 13.8 Å². The lowest BCUT2D eigenvalue weighted by Gasteiger charge is -2.23. The maximum Gasteiger partial charge on any atom is 0.00117 e. The summed E-state index contributed by atoms with van der Waals surface area (Å²) in [6.45, 7) is 6.60. The molecule has 0 rings (SSSR count). The minimum atomic E-state index is 0. The molecule has 0 heterocycles. The first-order valence-corrected chi connectivity index (χ1v) is 3.41. The van der Waals surface area contributed by atoms with Gasteiger partial charge in [-0.3, -0.25) is 0 Å². The van der Waals surface area contributed by atoms with Crippen molar-refractivity contribution < 1.29 is 0 Å². The van der Waals surface area contributed by atoms with Crippen LogP contribution in [0, 0.1) is 5.41 Å². The van der Waals surface area contributed by atoms with Crippen molar-refractivity contribution >= 4 is 24.8 Å². The van der Waals surface area contributed by atoms with Crippen molar-refractivity contribution in [2.24, 2.45) is 5.41 Å². The van der Waals surface area contributed by atoms with Gasteiger partial charge in [-0.15, -0.1) is 24.8 Å². The van der Waals surface area contributed by atoms with Gasteiger partial charge in [0.2, 0.25) is 0 Å². The second-order valence-corrected chi connectivity index (χ2v) is 3.22. The molecule has 72 valence electrons. The highest BCUT2D eigenvalue weighted by Crippen LogP contribution is 2.10. The summed E-state index contributed by atoms with van der Waals surface area (Å²) in [5, 5.41) is 6.31. The first-order valence-electron chi connectivity index (χ1n) is 3.41. The molecule has 0 aliphatic rings. The van der Waals surface area contributed by atoms with E-state index in [2.05, 4.69) is 24.5 Å². The van der Waals surface area contributed by atoms with Gasteiger partial charge in [-0.2, -0.15) is 0 Å². The molecule has 0 spiro atoms. The molecular weight excluding hydrogens is 183 g/mol. The molecule has 0 aromatic heterocycles. The van der Waals surface area contributed by atoms with E-state index in [0.29, 0.717) is 5.41 Å². The second kappa shape index (κ2) is 8.60. The van der Waals surface area contributed by atoms with Gasteiger partial charge in [-0.05, 0) is 19.5 Å². The largest absolute Gasteiger partial charge is 0.319 e. The van der Waals surface area contributed by atoms with Gasteiger partial charge in [0.1, 0.15) is 0 Å². The predicted octanol–water partition coefficient (Wildman–Crippen LogP) is 1.29. The zero-order chi connectivity index (χ0) is 7.33. The molecule has 0 saturated heterocycles. The summed E-state index contributed by atoms with van der Waals surface area (Å²) in [6.07, 6.45) is 0. The van der Waals surface area contributed by atoms with Crippen molar-refractivity contribution in [1.29, 1.82) is 0 Å². The zero-order valence-electron chi connectivity index (χ0n) is 7.73. The number of nitrogens with one attached hydrogen (secondary N) is 2. The molecule has 0 aromatic carbocycles. The standard InChI is InChI=1S/C7H18N2.2ClH/c1-7(2,5-8-3)6-9-4;;/h8-9H,5-6H2,1-4H3;2*1H. The number of hydrogen-bond donors (Lipinski definition) is 2. The average molecular weight is 203 g/mol. The van der Waals surface area contributed by atoms with Crippen LogP contribution in [0.3, 0.4) is 0 Å². The Hall–Kier alpha value is 0.500. The molecule has 0 bridgehead atoms. The van der Waals surface area contributed by atoms with Crippen LogP contribution in [-0.2, 0) is 0 Å². The van der Waals surface area contributed by atoms with E-state index in [0.717, 1.165) is 13.1 Å². The van der Waals surface area contributed by atoms with E-state index in [-0.39, 0.29) is 24.8 Å². The number of hydrogen-bond acceptors (Lipinski definition) is 2. The van der Waals surface area contributed by atoms with E-state index in [1.807, 2.05) is 14.1 Å². The fraction of sp³-hybridized carbons (Fsp3) is 1.00. The molecule has 0 saturated carbocycles. The Morgan fingerprint density at radius 3 is 1.36 bits per heavy atom. The molecule has 0 unspecified atom stereocenters. The van der Waals surface area contributed by atoms with Gasteiger partial charge in [-0.25, -0.2) is 0 Å². The summed E-state index contributed by atoms with van der Waals surface area (Å²) in [6, 6.07) is 0. The number of halogens is 2. The van der Waals surface area contributed by atoms with Crippen LogP contribution in [-0.4, -0.2) is 27.2 Å². The van der Waals surface area contributed by atoms with E-state index < -0.39 is 0 Å². The van der Waals surface area contributed by atoms with Gasteiger partial charge in [0.05, 0.1) is 0 Å². The lowest BCUT2D eigenvalue weighted by Crippen LogP contribution is -2.35. The Labute approximate surface area is 82.3 Å². The van der Waals surface area contributed by atoms with E-state index >= 15 is 0 Å². The van der Waals surface area contributed by atoms with Crippen LogP contribution in [0.15, 0.2) is 0 Å². The van der Waals surface area contributed by atoms with Gasteiger partial charge in [0, 0.05) is 13.1 Å². The normalized spacial score (nSPS) is 9.82. The van der Waals surface area contributed by atoms with E-state index in [4.69, 9.17) is 0 Å². The summed E-state index contributed by atoms with van der Waals surface area (Å²) in [4.78, 5) is 0. The Morgan fingerprint density at radius 1 is 0.909 bits per heavy atom. The summed E-state index contributed by atoms with van der Waals surface area (Å²) in [5.74, 6) is 0. The van der Waals surface area contributed by atoms with Crippen molar-refractivity contribution in [2.75, 3.05) is 27.2 Å². The molecule has 11 heavy (non-hydrogen) atoms. The smallest absolute Gasteiger partial charge is 0.00117 e. The van der Waals surface area contributed by atoms with Crippen LogP contribution in [0.2, 0.25) is 0 Å². The van der Waals surface area contributed by atoms with Gasteiger partial charge in [0.15, 0.2) is 0 Å². The Kier molecular flexibility index (Phi) is 13.7. The van der Waals surface area contributed by atoms with E-state index in [1.54, 1.807) is 0 Å². The van der Waals surface area contributed by atoms with Gasteiger partial charge in [-0.1, -0.05) is 13.8 Å². The zero-order valence-corrected chi connectivity index (χ0v) is 9.36. The highest BCUT2D eigenvalue weighted by atomic mass is 35.5. The van der Waals surface area contributed by atoms with Crippen LogP contribution >= 0.6 is 24.8 Å². The van der Waals surface area contributed by atoms with Gasteiger partial charge >= 0.3 is 0 Å². The lowest BCUT2D eigenvalue weighted by molar-refractivity contribution is 0.340. The molecule has 0 aliphatic heterocycles. The van der Waals surface area contributed by atoms with Crippen LogP contribution in [0.4, 0.5) is 0 Å². The van der Waals surface area contributed by atoms with E-state index in [1.165, 1.54) is 0 Å². The van der Waals surface area contributed by atoms with Crippen molar-refractivity contribution in [3.63, 3.8) is 0 Å². The molecule has 0 aliphatic carbocycles. The van der Waals surface area contributed by atoms with Crippen molar-refractivity contribution in [3.05, 3.63) is 0 Å². The monoisotopic (exact) mass is 202 g/mol. The maximum atomic E-state index is 3.15. The summed E-state index contributed by atoms with van der Waals surface area (Å²) >= 11 is 0. The molecule has 2 N–H and O–H groups in total. The van der Waals surface area contributed by atoms with E-state index in [9.17, 15) is 0 Å².